The van der Waals surface area contributed by atoms with Gasteiger partial charge in [0.2, 0.25) is 5.91 Å². The van der Waals surface area contributed by atoms with Gasteiger partial charge in [0.25, 0.3) is 0 Å². The predicted molar refractivity (Wildman–Crippen MR) is 74.1 cm³/mol. The topological polar surface area (TPSA) is 32.3 Å². The van der Waals surface area contributed by atoms with E-state index in [-0.39, 0.29) is 0 Å². The van der Waals surface area contributed by atoms with Crippen molar-refractivity contribution in [2.75, 3.05) is 20.1 Å². The number of carbonyl (C=O) groups excluding carboxylic acids is 1. The maximum atomic E-state index is 12.2. The fourth-order valence-corrected chi connectivity index (χ4v) is 2.14. The van der Waals surface area contributed by atoms with Crippen LogP contribution in [0, 0.1) is 5.92 Å². The first-order valence-electron chi connectivity index (χ1n) is 7.00. The van der Waals surface area contributed by atoms with Crippen molar-refractivity contribution in [3.05, 3.63) is 0 Å². The van der Waals surface area contributed by atoms with Crippen LogP contribution in [-0.2, 0) is 4.79 Å². The number of carbonyl (C=O) groups is 1. The van der Waals surface area contributed by atoms with E-state index < -0.39 is 0 Å². The van der Waals surface area contributed by atoms with Gasteiger partial charge in [-0.2, -0.15) is 0 Å². The van der Waals surface area contributed by atoms with Crippen LogP contribution < -0.4 is 5.32 Å². The summed E-state index contributed by atoms with van der Waals surface area (Å²) >= 11 is 0. The first kappa shape index (κ1) is 16.4. The van der Waals surface area contributed by atoms with Crippen molar-refractivity contribution >= 4 is 5.91 Å². The number of nitrogens with zero attached hydrogens (tertiary/aromatic N) is 1. The molecule has 17 heavy (non-hydrogen) atoms. The second-order valence-electron chi connectivity index (χ2n) is 5.12. The summed E-state index contributed by atoms with van der Waals surface area (Å²) < 4.78 is 0. The largest absolute Gasteiger partial charge is 0.339 e. The molecule has 0 heterocycles. The number of amides is 1. The molecule has 0 aliphatic heterocycles. The lowest BCUT2D eigenvalue weighted by Crippen LogP contribution is -2.42. The maximum Gasteiger partial charge on any atom is 0.222 e. The van der Waals surface area contributed by atoms with E-state index in [0.29, 0.717) is 24.3 Å². The summed E-state index contributed by atoms with van der Waals surface area (Å²) in [6.45, 7) is 10.5. The molecule has 0 aliphatic rings. The quantitative estimate of drug-likeness (QED) is 0.630. The highest BCUT2D eigenvalue weighted by atomic mass is 16.2. The highest BCUT2D eigenvalue weighted by Gasteiger charge is 2.21. The van der Waals surface area contributed by atoms with E-state index in [0.717, 1.165) is 32.4 Å². The average Bonchev–Trinajstić information content (AvgIpc) is 2.29. The molecule has 0 fully saturated rings. The van der Waals surface area contributed by atoms with Gasteiger partial charge in [0.15, 0.2) is 0 Å². The maximum absolute atomic E-state index is 12.2. The van der Waals surface area contributed by atoms with Crippen molar-refractivity contribution in [3.63, 3.8) is 0 Å². The van der Waals surface area contributed by atoms with E-state index in [1.54, 1.807) is 0 Å². The standard InChI is InChI=1S/C14H30N2O/c1-6-13(7-2)16(11-12(3)4)14(17)9-8-10-15-5/h12-13,15H,6-11H2,1-5H3. The zero-order chi connectivity index (χ0) is 13.3. The molecule has 0 aromatic carbocycles. The number of nitrogens with one attached hydrogen (secondary N) is 1. The van der Waals surface area contributed by atoms with Crippen molar-refractivity contribution < 1.29 is 4.79 Å². The molecule has 3 heteroatoms. The summed E-state index contributed by atoms with van der Waals surface area (Å²) in [5, 5.41) is 3.09. The average molecular weight is 242 g/mol. The van der Waals surface area contributed by atoms with Gasteiger partial charge in [0.05, 0.1) is 0 Å². The fraction of sp³-hybridized carbons (Fsp3) is 0.929. The van der Waals surface area contributed by atoms with Gasteiger partial charge in [0, 0.05) is 19.0 Å². The molecule has 0 saturated carbocycles. The van der Waals surface area contributed by atoms with Gasteiger partial charge in [-0.25, -0.2) is 0 Å². The molecular formula is C14H30N2O. The van der Waals surface area contributed by atoms with Crippen molar-refractivity contribution in [2.24, 2.45) is 5.92 Å². The zero-order valence-electron chi connectivity index (χ0n) is 12.3. The Kier molecular flexibility index (Phi) is 9.14. The molecule has 3 nitrogen and oxygen atoms in total. The van der Waals surface area contributed by atoms with Gasteiger partial charge in [0.1, 0.15) is 0 Å². The number of hydrogen-bond acceptors (Lipinski definition) is 2. The van der Waals surface area contributed by atoms with Crippen molar-refractivity contribution in [3.8, 4) is 0 Å². The third-order valence-electron chi connectivity index (χ3n) is 3.08. The second-order valence-corrected chi connectivity index (χ2v) is 5.12. The summed E-state index contributed by atoms with van der Waals surface area (Å²) in [6.07, 6.45) is 3.72. The first-order chi connectivity index (χ1) is 8.06. The van der Waals surface area contributed by atoms with Crippen LogP contribution in [0.15, 0.2) is 0 Å². The minimum atomic E-state index is 0.322. The number of rotatable bonds is 9. The van der Waals surface area contributed by atoms with Crippen LogP contribution in [0.1, 0.15) is 53.4 Å². The Labute approximate surface area is 107 Å². The normalized spacial score (nSPS) is 11.2. The molecule has 0 aliphatic carbocycles. The van der Waals surface area contributed by atoms with Crippen molar-refractivity contribution in [1.29, 1.82) is 0 Å². The molecule has 0 aromatic heterocycles. The van der Waals surface area contributed by atoms with Crippen LogP contribution in [0.3, 0.4) is 0 Å². The minimum absolute atomic E-state index is 0.322. The molecule has 0 saturated heterocycles. The lowest BCUT2D eigenvalue weighted by Gasteiger charge is -2.32. The van der Waals surface area contributed by atoms with E-state index >= 15 is 0 Å². The molecule has 0 bridgehead atoms. The van der Waals surface area contributed by atoms with Gasteiger partial charge in [-0.1, -0.05) is 27.7 Å². The van der Waals surface area contributed by atoms with Crippen LogP contribution in [0.4, 0.5) is 0 Å². The SMILES string of the molecule is CCC(CC)N(CC(C)C)C(=O)CCCNC. The Hall–Kier alpha value is -0.570. The highest BCUT2D eigenvalue weighted by Crippen LogP contribution is 2.13. The Bertz CT molecular complexity index is 200. The minimum Gasteiger partial charge on any atom is -0.339 e. The monoisotopic (exact) mass is 242 g/mol. The fourth-order valence-electron chi connectivity index (χ4n) is 2.14. The Morgan fingerprint density at radius 1 is 1.24 bits per heavy atom. The van der Waals surface area contributed by atoms with E-state index in [2.05, 4.69) is 37.9 Å². The van der Waals surface area contributed by atoms with Gasteiger partial charge >= 0.3 is 0 Å². The summed E-state index contributed by atoms with van der Waals surface area (Å²) in [4.78, 5) is 14.3. The van der Waals surface area contributed by atoms with E-state index in [9.17, 15) is 4.79 Å². The van der Waals surface area contributed by atoms with Crippen LogP contribution in [0.2, 0.25) is 0 Å². The lowest BCUT2D eigenvalue weighted by atomic mass is 10.1. The third kappa shape index (κ3) is 6.67. The molecule has 0 spiro atoms. The summed E-state index contributed by atoms with van der Waals surface area (Å²) in [5.74, 6) is 0.867. The van der Waals surface area contributed by atoms with Gasteiger partial charge in [-0.05, 0) is 38.8 Å². The smallest absolute Gasteiger partial charge is 0.222 e. The Morgan fingerprint density at radius 3 is 2.24 bits per heavy atom. The molecular weight excluding hydrogens is 212 g/mol. The Balaban J connectivity index is 4.38. The third-order valence-corrected chi connectivity index (χ3v) is 3.08. The molecule has 102 valence electrons. The molecule has 0 rings (SSSR count). The molecule has 0 aromatic rings. The summed E-state index contributed by atoms with van der Waals surface area (Å²) in [5.41, 5.74) is 0. The highest BCUT2D eigenvalue weighted by molar-refractivity contribution is 5.76. The molecule has 0 atom stereocenters. The van der Waals surface area contributed by atoms with Crippen LogP contribution >= 0.6 is 0 Å². The lowest BCUT2D eigenvalue weighted by molar-refractivity contribution is -0.134. The van der Waals surface area contributed by atoms with Gasteiger partial charge in [-0.3, -0.25) is 4.79 Å². The predicted octanol–water partition coefficient (Wildman–Crippen LogP) is 2.66. The summed E-state index contributed by atoms with van der Waals surface area (Å²) in [6, 6.07) is 0.416. The number of hydrogen-bond donors (Lipinski definition) is 1. The molecule has 0 radical (unpaired) electrons. The molecule has 1 amide bonds. The second kappa shape index (κ2) is 9.46. The van der Waals surface area contributed by atoms with Gasteiger partial charge < -0.3 is 10.2 Å². The summed E-state index contributed by atoms with van der Waals surface area (Å²) in [7, 11) is 1.93. The first-order valence-corrected chi connectivity index (χ1v) is 7.00. The van der Waals surface area contributed by atoms with Crippen LogP contribution in [0.25, 0.3) is 0 Å². The van der Waals surface area contributed by atoms with E-state index in [4.69, 9.17) is 0 Å². The van der Waals surface area contributed by atoms with E-state index in [1.807, 2.05) is 7.05 Å². The van der Waals surface area contributed by atoms with Gasteiger partial charge in [-0.15, -0.1) is 0 Å². The Morgan fingerprint density at radius 2 is 1.82 bits per heavy atom. The van der Waals surface area contributed by atoms with Crippen molar-refractivity contribution in [1.82, 2.24) is 10.2 Å². The van der Waals surface area contributed by atoms with Crippen molar-refractivity contribution in [2.45, 2.75) is 59.4 Å². The van der Waals surface area contributed by atoms with Crippen LogP contribution in [0.5, 0.6) is 0 Å². The molecule has 0 unspecified atom stereocenters. The van der Waals surface area contributed by atoms with E-state index in [1.165, 1.54) is 0 Å². The molecule has 1 N–H and O–H groups in total. The van der Waals surface area contributed by atoms with Crippen LogP contribution in [-0.4, -0.2) is 37.0 Å². The zero-order valence-corrected chi connectivity index (χ0v) is 12.3.